The van der Waals surface area contributed by atoms with E-state index in [4.69, 9.17) is 5.11 Å². The molecule has 1 aliphatic rings. The largest absolute Gasteiger partial charge is 0.384 e. The number of benzene rings is 1. The van der Waals surface area contributed by atoms with Crippen LogP contribution in [0.15, 0.2) is 18.2 Å². The zero-order chi connectivity index (χ0) is 14.4. The van der Waals surface area contributed by atoms with Gasteiger partial charge in [0, 0.05) is 12.6 Å². The fraction of sp³-hybridized carbons (Fsp3) is 0.529. The number of hydrogen-bond acceptors (Lipinski definition) is 2. The second-order valence-corrected chi connectivity index (χ2v) is 5.48. The predicted octanol–water partition coefficient (Wildman–Crippen LogP) is 2.93. The molecule has 0 unspecified atom stereocenters. The monoisotopic (exact) mass is 275 g/mol. The maximum Gasteiger partial charge on any atom is 0.138 e. The van der Waals surface area contributed by atoms with Crippen LogP contribution in [0.4, 0.5) is 4.39 Å². The molecule has 3 heteroatoms. The molecule has 1 fully saturated rings. The minimum Gasteiger partial charge on any atom is -0.384 e. The highest BCUT2D eigenvalue weighted by Gasteiger charge is 2.18. The Morgan fingerprint density at radius 3 is 2.75 bits per heavy atom. The summed E-state index contributed by atoms with van der Waals surface area (Å²) in [5, 5.41) is 8.70. The van der Waals surface area contributed by atoms with Crippen molar-refractivity contribution in [1.82, 2.24) is 4.90 Å². The van der Waals surface area contributed by atoms with E-state index in [2.05, 4.69) is 23.8 Å². The molecule has 0 saturated heterocycles. The quantitative estimate of drug-likeness (QED) is 0.857. The zero-order valence-corrected chi connectivity index (χ0v) is 12.0. The summed E-state index contributed by atoms with van der Waals surface area (Å²) in [6.45, 7) is 0.574. The molecule has 0 bridgehead atoms. The van der Waals surface area contributed by atoms with Crippen LogP contribution >= 0.6 is 0 Å². The summed E-state index contributed by atoms with van der Waals surface area (Å²) in [6.07, 6.45) is 6.49. The Hall–Kier alpha value is -1.37. The lowest BCUT2D eigenvalue weighted by Gasteiger charge is -2.31. The van der Waals surface area contributed by atoms with Crippen molar-refractivity contribution in [1.29, 1.82) is 0 Å². The minimum atomic E-state index is -0.324. The van der Waals surface area contributed by atoms with E-state index in [1.807, 2.05) is 6.07 Å². The van der Waals surface area contributed by atoms with E-state index >= 15 is 0 Å². The van der Waals surface area contributed by atoms with Gasteiger partial charge < -0.3 is 5.11 Å². The van der Waals surface area contributed by atoms with E-state index in [1.54, 1.807) is 6.07 Å². The number of nitrogens with zero attached hydrogens (tertiary/aromatic N) is 1. The van der Waals surface area contributed by atoms with Crippen molar-refractivity contribution in [2.24, 2.45) is 0 Å². The number of aliphatic hydroxyl groups excluding tert-OH is 1. The molecule has 0 spiro atoms. The van der Waals surface area contributed by atoms with Gasteiger partial charge in [-0.05, 0) is 37.6 Å². The van der Waals surface area contributed by atoms with Gasteiger partial charge in [-0.25, -0.2) is 4.39 Å². The zero-order valence-electron chi connectivity index (χ0n) is 12.0. The van der Waals surface area contributed by atoms with Gasteiger partial charge in [0.1, 0.15) is 12.4 Å². The Labute approximate surface area is 120 Å². The first-order valence-electron chi connectivity index (χ1n) is 7.29. The van der Waals surface area contributed by atoms with Gasteiger partial charge in [0.2, 0.25) is 0 Å². The lowest BCUT2D eigenvalue weighted by atomic mass is 9.94. The Balaban J connectivity index is 2.05. The van der Waals surface area contributed by atoms with Crippen molar-refractivity contribution < 1.29 is 9.50 Å². The fourth-order valence-electron chi connectivity index (χ4n) is 2.84. The van der Waals surface area contributed by atoms with E-state index in [1.165, 1.54) is 38.2 Å². The molecular weight excluding hydrogens is 253 g/mol. The second kappa shape index (κ2) is 7.42. The molecule has 1 saturated carbocycles. The second-order valence-electron chi connectivity index (χ2n) is 5.48. The molecule has 0 atom stereocenters. The normalized spacial score (nSPS) is 16.0. The summed E-state index contributed by atoms with van der Waals surface area (Å²) in [7, 11) is 2.14. The standard InChI is InChI=1S/C17H22FNO/c1-19(16-7-3-2-4-8-16)13-14-9-10-17(18)15(12-14)6-5-11-20/h9-10,12,16,20H,2-4,7-8,11,13H2,1H3. The highest BCUT2D eigenvalue weighted by molar-refractivity contribution is 5.38. The van der Waals surface area contributed by atoms with Crippen molar-refractivity contribution in [3.05, 3.63) is 35.1 Å². The molecule has 20 heavy (non-hydrogen) atoms. The highest BCUT2D eigenvalue weighted by Crippen LogP contribution is 2.23. The van der Waals surface area contributed by atoms with Crippen LogP contribution in [0.3, 0.4) is 0 Å². The maximum atomic E-state index is 13.6. The van der Waals surface area contributed by atoms with Gasteiger partial charge in [-0.3, -0.25) is 4.90 Å². The average Bonchev–Trinajstić information content (AvgIpc) is 2.48. The van der Waals surface area contributed by atoms with Crippen LogP contribution < -0.4 is 0 Å². The summed E-state index contributed by atoms with van der Waals surface area (Å²) < 4.78 is 13.6. The first kappa shape index (κ1) is 15.0. The van der Waals surface area contributed by atoms with Gasteiger partial charge in [-0.2, -0.15) is 0 Å². The van der Waals surface area contributed by atoms with Gasteiger partial charge >= 0.3 is 0 Å². The Bertz CT molecular complexity index is 497. The van der Waals surface area contributed by atoms with Crippen molar-refractivity contribution in [2.45, 2.75) is 44.7 Å². The molecule has 0 aromatic heterocycles. The van der Waals surface area contributed by atoms with Crippen molar-refractivity contribution in [2.75, 3.05) is 13.7 Å². The van der Waals surface area contributed by atoms with Crippen LogP contribution in [0.5, 0.6) is 0 Å². The number of hydrogen-bond donors (Lipinski definition) is 1. The van der Waals surface area contributed by atoms with Crippen LogP contribution in [0, 0.1) is 17.7 Å². The first-order valence-corrected chi connectivity index (χ1v) is 7.29. The van der Waals surface area contributed by atoms with E-state index in [0.29, 0.717) is 11.6 Å². The Kier molecular flexibility index (Phi) is 5.58. The molecule has 1 aromatic rings. The molecule has 1 N–H and O–H groups in total. The number of rotatable bonds is 3. The maximum absolute atomic E-state index is 13.6. The molecular formula is C17H22FNO. The van der Waals surface area contributed by atoms with Crippen molar-refractivity contribution in [3.63, 3.8) is 0 Å². The lowest BCUT2D eigenvalue weighted by molar-refractivity contribution is 0.184. The fourth-order valence-corrected chi connectivity index (χ4v) is 2.84. The molecule has 2 rings (SSSR count). The highest BCUT2D eigenvalue weighted by atomic mass is 19.1. The number of aliphatic hydroxyl groups is 1. The summed E-state index contributed by atoms with van der Waals surface area (Å²) in [5.41, 5.74) is 1.44. The summed E-state index contributed by atoms with van der Waals surface area (Å²) in [4.78, 5) is 2.36. The van der Waals surface area contributed by atoms with Crippen LogP contribution in [0.2, 0.25) is 0 Å². The van der Waals surface area contributed by atoms with Crippen molar-refractivity contribution >= 4 is 0 Å². The molecule has 2 nitrogen and oxygen atoms in total. The molecule has 0 heterocycles. The van der Waals surface area contributed by atoms with Crippen LogP contribution in [0.25, 0.3) is 0 Å². The summed E-state index contributed by atoms with van der Waals surface area (Å²) >= 11 is 0. The smallest absolute Gasteiger partial charge is 0.138 e. The van der Waals surface area contributed by atoms with Crippen LogP contribution in [-0.2, 0) is 6.54 Å². The first-order chi connectivity index (χ1) is 9.70. The topological polar surface area (TPSA) is 23.5 Å². The van der Waals surface area contributed by atoms with Crippen LogP contribution in [0.1, 0.15) is 43.2 Å². The van der Waals surface area contributed by atoms with E-state index in [0.717, 1.165) is 12.1 Å². The SMILES string of the molecule is CN(Cc1ccc(F)c(C#CCO)c1)C1CCCCC1. The van der Waals surface area contributed by atoms with Gasteiger partial charge in [0.25, 0.3) is 0 Å². The third-order valence-corrected chi connectivity index (χ3v) is 3.96. The van der Waals surface area contributed by atoms with Gasteiger partial charge in [0.05, 0.1) is 5.56 Å². The van der Waals surface area contributed by atoms with E-state index in [9.17, 15) is 4.39 Å². The molecule has 1 aliphatic carbocycles. The molecule has 0 radical (unpaired) electrons. The molecule has 0 aliphatic heterocycles. The molecule has 0 amide bonds. The number of halogens is 1. The third kappa shape index (κ3) is 4.06. The summed E-state index contributed by atoms with van der Waals surface area (Å²) in [5.74, 6) is 4.84. The van der Waals surface area contributed by atoms with Gasteiger partial charge in [-0.15, -0.1) is 0 Å². The van der Waals surface area contributed by atoms with E-state index < -0.39 is 0 Å². The van der Waals surface area contributed by atoms with Gasteiger partial charge in [-0.1, -0.05) is 37.2 Å². The molecule has 1 aromatic carbocycles. The Morgan fingerprint density at radius 1 is 1.30 bits per heavy atom. The van der Waals surface area contributed by atoms with Gasteiger partial charge in [0.15, 0.2) is 0 Å². The van der Waals surface area contributed by atoms with E-state index in [-0.39, 0.29) is 12.4 Å². The average molecular weight is 275 g/mol. The summed E-state index contributed by atoms with van der Waals surface area (Å²) in [6, 6.07) is 5.71. The molecule has 108 valence electrons. The lowest BCUT2D eigenvalue weighted by Crippen LogP contribution is -2.32. The third-order valence-electron chi connectivity index (χ3n) is 3.96. The predicted molar refractivity (Wildman–Crippen MR) is 78.7 cm³/mol. The minimum absolute atomic E-state index is 0.244. The van der Waals surface area contributed by atoms with Crippen molar-refractivity contribution in [3.8, 4) is 11.8 Å². The Morgan fingerprint density at radius 2 is 2.05 bits per heavy atom. The van der Waals surface area contributed by atoms with Crippen LogP contribution in [-0.4, -0.2) is 29.7 Å².